The lowest BCUT2D eigenvalue weighted by Gasteiger charge is -2.09. The van der Waals surface area contributed by atoms with E-state index < -0.39 is 0 Å². The highest BCUT2D eigenvalue weighted by Crippen LogP contribution is 2.32. The Morgan fingerprint density at radius 2 is 1.41 bits per heavy atom. The zero-order chi connectivity index (χ0) is 14.9. The van der Waals surface area contributed by atoms with Gasteiger partial charge in [0.15, 0.2) is 0 Å². The van der Waals surface area contributed by atoms with Crippen LogP contribution in [0.15, 0.2) is 66.7 Å². The normalized spacial score (nSPS) is 12.5. The second kappa shape index (κ2) is 5.00. The molecule has 1 aliphatic heterocycles. The number of hydrogen-bond acceptors (Lipinski definition) is 3. The summed E-state index contributed by atoms with van der Waals surface area (Å²) in [6.07, 6.45) is 0. The molecular weight excluding hydrogens is 274 g/mol. The maximum atomic E-state index is 12.3. The number of amides is 1. The van der Waals surface area contributed by atoms with Gasteiger partial charge in [0.2, 0.25) is 0 Å². The van der Waals surface area contributed by atoms with Crippen LogP contribution in [0.2, 0.25) is 0 Å². The molecule has 4 heteroatoms. The highest BCUT2D eigenvalue weighted by atomic mass is 16.1. The van der Waals surface area contributed by atoms with Crippen molar-refractivity contribution >= 4 is 23.1 Å². The predicted molar refractivity (Wildman–Crippen MR) is 87.4 cm³/mol. The number of carbonyl (C=O) groups excluding carboxylic acids is 1. The molecule has 0 bridgehead atoms. The van der Waals surface area contributed by atoms with Gasteiger partial charge in [-0.25, -0.2) is 4.98 Å². The molecule has 4 rings (SSSR count). The molecule has 1 aliphatic rings. The highest BCUT2D eigenvalue weighted by Gasteiger charge is 2.20. The lowest BCUT2D eigenvalue weighted by molar-refractivity contribution is 0.102. The number of rotatable bonds is 1. The van der Waals surface area contributed by atoms with Crippen LogP contribution in [0.4, 0.5) is 17.2 Å². The average molecular weight is 287 g/mol. The van der Waals surface area contributed by atoms with E-state index in [-0.39, 0.29) is 5.91 Å². The minimum Gasteiger partial charge on any atom is -0.338 e. The van der Waals surface area contributed by atoms with E-state index in [0.29, 0.717) is 11.4 Å². The molecule has 1 aromatic heterocycles. The molecule has 0 fully saturated rings. The van der Waals surface area contributed by atoms with Crippen molar-refractivity contribution in [2.75, 3.05) is 10.6 Å². The van der Waals surface area contributed by atoms with Gasteiger partial charge in [0.05, 0.1) is 22.6 Å². The van der Waals surface area contributed by atoms with Crippen LogP contribution in [-0.2, 0) is 0 Å². The number of para-hydroxylation sites is 2. The Balaban J connectivity index is 1.84. The maximum Gasteiger partial charge on any atom is 0.259 e. The van der Waals surface area contributed by atoms with E-state index in [2.05, 4.69) is 15.6 Å². The first-order valence-electron chi connectivity index (χ1n) is 7.05. The Labute approximate surface area is 127 Å². The summed E-state index contributed by atoms with van der Waals surface area (Å²) < 4.78 is 0. The zero-order valence-corrected chi connectivity index (χ0v) is 11.7. The van der Waals surface area contributed by atoms with Gasteiger partial charge in [-0.05, 0) is 24.3 Å². The van der Waals surface area contributed by atoms with E-state index in [9.17, 15) is 4.79 Å². The van der Waals surface area contributed by atoms with Crippen molar-refractivity contribution in [1.29, 1.82) is 0 Å². The first-order chi connectivity index (χ1) is 10.8. The summed E-state index contributed by atoms with van der Waals surface area (Å²) in [5.41, 5.74) is 3.99. The van der Waals surface area contributed by atoms with E-state index >= 15 is 0 Å². The monoisotopic (exact) mass is 287 g/mol. The summed E-state index contributed by atoms with van der Waals surface area (Å²) in [4.78, 5) is 16.9. The predicted octanol–water partition coefficient (Wildman–Crippen LogP) is 4.06. The van der Waals surface area contributed by atoms with Crippen LogP contribution in [0.3, 0.4) is 0 Å². The zero-order valence-electron chi connectivity index (χ0n) is 11.7. The Morgan fingerprint density at radius 3 is 2.18 bits per heavy atom. The summed E-state index contributed by atoms with van der Waals surface area (Å²) in [5.74, 6) is 0.420. The molecule has 0 atom stereocenters. The molecule has 106 valence electrons. The molecule has 0 saturated carbocycles. The summed E-state index contributed by atoms with van der Waals surface area (Å²) in [5, 5.41) is 6.15. The van der Waals surface area contributed by atoms with Crippen LogP contribution in [0, 0.1) is 0 Å². The van der Waals surface area contributed by atoms with Crippen LogP contribution in [-0.4, -0.2) is 10.9 Å². The van der Waals surface area contributed by atoms with Crippen molar-refractivity contribution < 1.29 is 4.79 Å². The Morgan fingerprint density at radius 1 is 0.727 bits per heavy atom. The van der Waals surface area contributed by atoms with E-state index in [1.165, 1.54) is 0 Å². The number of fused-ring (bicyclic) bond motifs is 2. The largest absolute Gasteiger partial charge is 0.338 e. The fourth-order valence-electron chi connectivity index (χ4n) is 2.53. The molecular formula is C18H13N3O. The van der Waals surface area contributed by atoms with Crippen molar-refractivity contribution in [3.05, 3.63) is 72.3 Å². The Bertz CT molecular complexity index is 859. The van der Waals surface area contributed by atoms with Crippen LogP contribution < -0.4 is 10.6 Å². The number of carbonyl (C=O) groups is 1. The number of anilines is 3. The molecule has 2 N–H and O–H groups in total. The molecule has 0 spiro atoms. The molecule has 0 aliphatic carbocycles. The standard InChI is InChI=1S/C18H13N3O/c22-18-13-10-11-14(12-6-2-1-3-7-12)19-17(13)20-15-8-4-5-9-16(15)21-18/h1-11H,(H,19,20)(H,21,22). The van der Waals surface area contributed by atoms with Crippen LogP contribution >= 0.6 is 0 Å². The lowest BCUT2D eigenvalue weighted by Crippen LogP contribution is -2.11. The molecule has 0 unspecified atom stereocenters. The molecule has 3 aromatic rings. The van der Waals surface area contributed by atoms with E-state index in [1.54, 1.807) is 6.07 Å². The minimum absolute atomic E-state index is 0.153. The van der Waals surface area contributed by atoms with Gasteiger partial charge < -0.3 is 10.6 Å². The smallest absolute Gasteiger partial charge is 0.259 e. The lowest BCUT2D eigenvalue weighted by atomic mass is 10.1. The van der Waals surface area contributed by atoms with Crippen molar-refractivity contribution in [3.63, 3.8) is 0 Å². The summed E-state index contributed by atoms with van der Waals surface area (Å²) in [6.45, 7) is 0. The molecule has 0 saturated heterocycles. The topological polar surface area (TPSA) is 54.0 Å². The first kappa shape index (κ1) is 12.6. The fourth-order valence-corrected chi connectivity index (χ4v) is 2.53. The van der Waals surface area contributed by atoms with E-state index in [1.807, 2.05) is 60.7 Å². The average Bonchev–Trinajstić information content (AvgIpc) is 2.71. The van der Waals surface area contributed by atoms with Crippen molar-refractivity contribution in [3.8, 4) is 11.3 Å². The third-order valence-electron chi connectivity index (χ3n) is 3.64. The van der Waals surface area contributed by atoms with Crippen molar-refractivity contribution in [2.45, 2.75) is 0 Å². The van der Waals surface area contributed by atoms with E-state index in [0.717, 1.165) is 22.6 Å². The van der Waals surface area contributed by atoms with Gasteiger partial charge in [0, 0.05) is 5.56 Å². The SMILES string of the molecule is O=C1Nc2ccccc2Nc2nc(-c3ccccc3)ccc21. The van der Waals surface area contributed by atoms with Crippen molar-refractivity contribution in [2.24, 2.45) is 0 Å². The van der Waals surface area contributed by atoms with Crippen LogP contribution in [0.1, 0.15) is 10.4 Å². The summed E-state index contributed by atoms with van der Waals surface area (Å²) in [7, 11) is 0. The molecule has 2 aromatic carbocycles. The van der Waals surface area contributed by atoms with Gasteiger partial charge in [-0.15, -0.1) is 0 Å². The quantitative estimate of drug-likeness (QED) is 0.709. The molecule has 22 heavy (non-hydrogen) atoms. The van der Waals surface area contributed by atoms with Gasteiger partial charge in [0.25, 0.3) is 5.91 Å². The molecule has 4 nitrogen and oxygen atoms in total. The van der Waals surface area contributed by atoms with Crippen LogP contribution in [0.5, 0.6) is 0 Å². The number of benzene rings is 2. The van der Waals surface area contributed by atoms with Crippen molar-refractivity contribution in [1.82, 2.24) is 4.98 Å². The maximum absolute atomic E-state index is 12.3. The van der Waals surface area contributed by atoms with Gasteiger partial charge in [-0.2, -0.15) is 0 Å². The van der Waals surface area contributed by atoms with Gasteiger partial charge in [0.1, 0.15) is 5.82 Å². The third kappa shape index (κ3) is 2.11. The second-order valence-corrected chi connectivity index (χ2v) is 5.08. The first-order valence-corrected chi connectivity index (χ1v) is 7.05. The number of pyridine rings is 1. The summed E-state index contributed by atoms with van der Waals surface area (Å²) in [6, 6.07) is 21.2. The molecule has 1 amide bonds. The van der Waals surface area contributed by atoms with Gasteiger partial charge in [-0.3, -0.25) is 4.79 Å². The van der Waals surface area contributed by atoms with Gasteiger partial charge >= 0.3 is 0 Å². The Kier molecular flexibility index (Phi) is 2.86. The number of aromatic nitrogens is 1. The van der Waals surface area contributed by atoms with Gasteiger partial charge in [-0.1, -0.05) is 42.5 Å². The third-order valence-corrected chi connectivity index (χ3v) is 3.64. The second-order valence-electron chi connectivity index (χ2n) is 5.08. The van der Waals surface area contributed by atoms with Crippen LogP contribution in [0.25, 0.3) is 11.3 Å². The van der Waals surface area contributed by atoms with E-state index in [4.69, 9.17) is 0 Å². The minimum atomic E-state index is -0.153. The number of nitrogens with zero attached hydrogens (tertiary/aromatic N) is 1. The highest BCUT2D eigenvalue weighted by molar-refractivity contribution is 6.11. The molecule has 0 radical (unpaired) electrons. The fraction of sp³-hybridized carbons (Fsp3) is 0. The number of hydrogen-bond donors (Lipinski definition) is 2. The molecule has 2 heterocycles. The number of nitrogens with one attached hydrogen (secondary N) is 2. The Hall–Kier alpha value is -3.14. The summed E-state index contributed by atoms with van der Waals surface area (Å²) >= 11 is 0.